The number of carbonyl (C=O) groups is 1. The fourth-order valence-corrected chi connectivity index (χ4v) is 2.06. The van der Waals surface area contributed by atoms with E-state index >= 15 is 0 Å². The van der Waals surface area contributed by atoms with Gasteiger partial charge in [-0.05, 0) is 24.6 Å². The summed E-state index contributed by atoms with van der Waals surface area (Å²) in [5.74, 6) is -0.446. The lowest BCUT2D eigenvalue weighted by molar-refractivity contribution is 0.0463. The van der Waals surface area contributed by atoms with Crippen molar-refractivity contribution in [2.24, 2.45) is 0 Å². The van der Waals surface area contributed by atoms with Gasteiger partial charge in [-0.3, -0.25) is 0 Å². The molecule has 0 saturated carbocycles. The summed E-state index contributed by atoms with van der Waals surface area (Å²) in [6.07, 6.45) is 0. The summed E-state index contributed by atoms with van der Waals surface area (Å²) < 4.78 is 23.8. The average molecular weight is 311 g/mol. The monoisotopic (exact) mass is 311 g/mol. The SMILES string of the molecule is Cc1ccc(C(=O)OCc2cc(-c3ccccc3)on2)cc1F. The number of carbonyl (C=O) groups excluding carboxylic acids is 1. The summed E-state index contributed by atoms with van der Waals surface area (Å²) >= 11 is 0. The van der Waals surface area contributed by atoms with Gasteiger partial charge in [-0.25, -0.2) is 9.18 Å². The van der Waals surface area contributed by atoms with Crippen LogP contribution in [-0.2, 0) is 11.3 Å². The Bertz CT molecular complexity index is 827. The molecule has 116 valence electrons. The lowest BCUT2D eigenvalue weighted by Gasteiger charge is -2.03. The first-order valence-corrected chi connectivity index (χ1v) is 7.08. The van der Waals surface area contributed by atoms with Crippen LogP contribution in [-0.4, -0.2) is 11.1 Å². The Kier molecular flexibility index (Phi) is 4.19. The van der Waals surface area contributed by atoms with Gasteiger partial charge in [-0.2, -0.15) is 0 Å². The maximum atomic E-state index is 13.5. The van der Waals surface area contributed by atoms with Crippen molar-refractivity contribution in [1.82, 2.24) is 5.16 Å². The van der Waals surface area contributed by atoms with E-state index in [0.717, 1.165) is 11.6 Å². The smallest absolute Gasteiger partial charge is 0.338 e. The number of halogens is 1. The van der Waals surface area contributed by atoms with Crippen molar-refractivity contribution in [3.05, 3.63) is 77.2 Å². The molecule has 5 heteroatoms. The summed E-state index contributed by atoms with van der Waals surface area (Å²) in [7, 11) is 0. The Hall–Kier alpha value is -2.95. The highest BCUT2D eigenvalue weighted by Gasteiger charge is 2.12. The molecule has 1 heterocycles. The highest BCUT2D eigenvalue weighted by molar-refractivity contribution is 5.89. The van der Waals surface area contributed by atoms with Crippen molar-refractivity contribution >= 4 is 5.97 Å². The van der Waals surface area contributed by atoms with Crippen LogP contribution in [0.5, 0.6) is 0 Å². The molecule has 0 saturated heterocycles. The number of nitrogens with zero attached hydrogens (tertiary/aromatic N) is 1. The van der Waals surface area contributed by atoms with Crippen LogP contribution in [0.15, 0.2) is 59.1 Å². The first kappa shape index (κ1) is 15.0. The van der Waals surface area contributed by atoms with Crippen molar-refractivity contribution in [3.63, 3.8) is 0 Å². The average Bonchev–Trinajstić information content (AvgIpc) is 3.05. The van der Waals surface area contributed by atoms with E-state index in [-0.39, 0.29) is 12.2 Å². The molecule has 0 spiro atoms. The number of ether oxygens (including phenoxy) is 1. The normalized spacial score (nSPS) is 10.5. The highest BCUT2D eigenvalue weighted by atomic mass is 19.1. The molecule has 0 N–H and O–H groups in total. The van der Waals surface area contributed by atoms with Gasteiger partial charge in [-0.15, -0.1) is 0 Å². The highest BCUT2D eigenvalue weighted by Crippen LogP contribution is 2.20. The van der Waals surface area contributed by atoms with Gasteiger partial charge in [0, 0.05) is 11.6 Å². The standard InChI is InChI=1S/C18H14FNO3/c1-12-7-8-14(9-16(12)19)18(21)22-11-15-10-17(23-20-15)13-5-3-2-4-6-13/h2-10H,11H2,1H3. The van der Waals surface area contributed by atoms with Crippen molar-refractivity contribution in [3.8, 4) is 11.3 Å². The van der Waals surface area contributed by atoms with Crippen LogP contribution in [0.1, 0.15) is 21.6 Å². The quantitative estimate of drug-likeness (QED) is 0.679. The number of rotatable bonds is 4. The zero-order valence-electron chi connectivity index (χ0n) is 12.5. The summed E-state index contributed by atoms with van der Waals surface area (Å²) in [5.41, 5.74) is 2.02. The van der Waals surface area contributed by atoms with Gasteiger partial charge < -0.3 is 9.26 Å². The van der Waals surface area contributed by atoms with Gasteiger partial charge >= 0.3 is 5.97 Å². The van der Waals surface area contributed by atoms with E-state index in [1.165, 1.54) is 12.1 Å². The van der Waals surface area contributed by atoms with Crippen molar-refractivity contribution in [1.29, 1.82) is 0 Å². The van der Waals surface area contributed by atoms with Crippen molar-refractivity contribution in [2.45, 2.75) is 13.5 Å². The van der Waals surface area contributed by atoms with Gasteiger partial charge in [0.25, 0.3) is 0 Å². The fourth-order valence-electron chi connectivity index (χ4n) is 2.06. The van der Waals surface area contributed by atoms with E-state index in [4.69, 9.17) is 9.26 Å². The second-order valence-electron chi connectivity index (χ2n) is 5.09. The van der Waals surface area contributed by atoms with Gasteiger partial charge in [0.05, 0.1) is 5.56 Å². The third kappa shape index (κ3) is 3.45. The zero-order valence-corrected chi connectivity index (χ0v) is 12.5. The molecule has 0 aliphatic carbocycles. The molecule has 4 nitrogen and oxygen atoms in total. The largest absolute Gasteiger partial charge is 0.455 e. The third-order valence-corrected chi connectivity index (χ3v) is 3.38. The Labute approximate surface area is 132 Å². The molecule has 0 aliphatic rings. The topological polar surface area (TPSA) is 52.3 Å². The Morgan fingerprint density at radius 2 is 1.96 bits per heavy atom. The second-order valence-corrected chi connectivity index (χ2v) is 5.09. The van der Waals surface area contributed by atoms with E-state index in [0.29, 0.717) is 17.0 Å². The predicted octanol–water partition coefficient (Wildman–Crippen LogP) is 4.15. The number of benzene rings is 2. The lowest BCUT2D eigenvalue weighted by atomic mass is 10.1. The molecule has 0 atom stereocenters. The van der Waals surface area contributed by atoms with Gasteiger partial charge in [-0.1, -0.05) is 41.6 Å². The number of aryl methyl sites for hydroxylation is 1. The minimum atomic E-state index is -0.604. The summed E-state index contributed by atoms with van der Waals surface area (Å²) in [6, 6.07) is 15.4. The van der Waals surface area contributed by atoms with Crippen molar-refractivity contribution in [2.75, 3.05) is 0 Å². The first-order valence-electron chi connectivity index (χ1n) is 7.08. The maximum absolute atomic E-state index is 13.5. The van der Waals surface area contributed by atoms with E-state index in [1.54, 1.807) is 13.0 Å². The zero-order chi connectivity index (χ0) is 16.2. The van der Waals surface area contributed by atoms with Crippen LogP contribution in [0.2, 0.25) is 0 Å². The lowest BCUT2D eigenvalue weighted by Crippen LogP contribution is -2.06. The second kappa shape index (κ2) is 6.44. The molecular weight excluding hydrogens is 297 g/mol. The molecule has 0 unspecified atom stereocenters. The van der Waals surface area contributed by atoms with E-state index in [9.17, 15) is 9.18 Å². The summed E-state index contributed by atoms with van der Waals surface area (Å²) in [6.45, 7) is 1.59. The molecular formula is C18H14FNO3. The molecule has 3 rings (SSSR count). The van der Waals surface area contributed by atoms with E-state index in [1.807, 2.05) is 30.3 Å². The van der Waals surface area contributed by atoms with Crippen LogP contribution in [0.4, 0.5) is 4.39 Å². The first-order chi connectivity index (χ1) is 11.1. The molecule has 0 fully saturated rings. The van der Waals surface area contributed by atoms with Gasteiger partial charge in [0.2, 0.25) is 0 Å². The van der Waals surface area contributed by atoms with E-state index < -0.39 is 11.8 Å². The molecule has 0 aliphatic heterocycles. The minimum absolute atomic E-state index is 0.0370. The molecule has 0 bridgehead atoms. The van der Waals surface area contributed by atoms with Gasteiger partial charge in [0.1, 0.15) is 18.1 Å². The Morgan fingerprint density at radius 1 is 1.17 bits per heavy atom. The van der Waals surface area contributed by atoms with Crippen LogP contribution < -0.4 is 0 Å². The number of hydrogen-bond donors (Lipinski definition) is 0. The fraction of sp³-hybridized carbons (Fsp3) is 0.111. The predicted molar refractivity (Wildman–Crippen MR) is 82.2 cm³/mol. The molecule has 2 aromatic carbocycles. The van der Waals surface area contributed by atoms with Crippen LogP contribution >= 0.6 is 0 Å². The number of aromatic nitrogens is 1. The minimum Gasteiger partial charge on any atom is -0.455 e. The number of esters is 1. The number of hydrogen-bond acceptors (Lipinski definition) is 4. The van der Waals surface area contributed by atoms with Crippen LogP contribution in [0.3, 0.4) is 0 Å². The Balaban J connectivity index is 1.65. The van der Waals surface area contributed by atoms with Crippen LogP contribution in [0.25, 0.3) is 11.3 Å². The van der Waals surface area contributed by atoms with Crippen molar-refractivity contribution < 1.29 is 18.4 Å². The third-order valence-electron chi connectivity index (χ3n) is 3.38. The molecule has 1 aromatic heterocycles. The maximum Gasteiger partial charge on any atom is 0.338 e. The summed E-state index contributed by atoms with van der Waals surface area (Å²) in [4.78, 5) is 11.9. The van der Waals surface area contributed by atoms with E-state index in [2.05, 4.69) is 5.16 Å². The molecule has 0 radical (unpaired) electrons. The Morgan fingerprint density at radius 3 is 2.70 bits per heavy atom. The van der Waals surface area contributed by atoms with Gasteiger partial charge in [0.15, 0.2) is 5.76 Å². The molecule has 23 heavy (non-hydrogen) atoms. The van der Waals surface area contributed by atoms with Crippen LogP contribution in [0, 0.1) is 12.7 Å². The molecule has 3 aromatic rings. The summed E-state index contributed by atoms with van der Waals surface area (Å²) in [5, 5.41) is 3.86. The molecule has 0 amide bonds.